The van der Waals surface area contributed by atoms with Crippen LogP contribution in [-0.4, -0.2) is 36.5 Å². The largest absolute Gasteiger partial charge is 0.339 e. The van der Waals surface area contributed by atoms with Crippen molar-refractivity contribution in [1.29, 1.82) is 0 Å². The van der Waals surface area contributed by atoms with Gasteiger partial charge in [-0.05, 0) is 69.0 Å². The van der Waals surface area contributed by atoms with Crippen molar-refractivity contribution < 1.29 is 4.79 Å². The molecule has 2 heterocycles. The van der Waals surface area contributed by atoms with Crippen molar-refractivity contribution in [2.75, 3.05) is 19.6 Å². The van der Waals surface area contributed by atoms with Gasteiger partial charge in [0.15, 0.2) is 0 Å². The Morgan fingerprint density at radius 3 is 2.67 bits per heavy atom. The number of piperidine rings is 1. The summed E-state index contributed by atoms with van der Waals surface area (Å²) in [6, 6.07) is 11.1. The second kappa shape index (κ2) is 7.05. The number of carbonyl (C=O) groups excluding carboxylic acids is 1. The third-order valence-corrected chi connectivity index (χ3v) is 6.63. The quantitative estimate of drug-likeness (QED) is 0.909. The average molecular weight is 349 g/mol. The van der Waals surface area contributed by atoms with Gasteiger partial charge in [-0.15, -0.1) is 12.4 Å². The summed E-state index contributed by atoms with van der Waals surface area (Å²) in [6.07, 6.45) is 5.78. The SMILES string of the molecule is CC1C(Cc2ccccc2)CCN1C(=O)C1CC12CCNCC2.Cl. The van der Waals surface area contributed by atoms with E-state index < -0.39 is 0 Å². The molecule has 2 aliphatic heterocycles. The number of carbonyl (C=O) groups is 1. The van der Waals surface area contributed by atoms with Crippen molar-refractivity contribution in [3.63, 3.8) is 0 Å². The van der Waals surface area contributed by atoms with Crippen LogP contribution in [-0.2, 0) is 11.2 Å². The molecule has 4 heteroatoms. The maximum absolute atomic E-state index is 13.0. The lowest BCUT2D eigenvalue weighted by atomic mass is 9.91. The summed E-state index contributed by atoms with van der Waals surface area (Å²) in [4.78, 5) is 15.2. The van der Waals surface area contributed by atoms with Crippen LogP contribution in [0.2, 0.25) is 0 Å². The first-order chi connectivity index (χ1) is 11.2. The van der Waals surface area contributed by atoms with Gasteiger partial charge in [-0.25, -0.2) is 0 Å². The van der Waals surface area contributed by atoms with Gasteiger partial charge in [-0.3, -0.25) is 4.79 Å². The van der Waals surface area contributed by atoms with Crippen LogP contribution in [0.15, 0.2) is 30.3 Å². The van der Waals surface area contributed by atoms with Crippen molar-refractivity contribution in [3.05, 3.63) is 35.9 Å². The molecule has 1 aromatic carbocycles. The monoisotopic (exact) mass is 348 g/mol. The third-order valence-electron chi connectivity index (χ3n) is 6.63. The van der Waals surface area contributed by atoms with Crippen LogP contribution in [0, 0.1) is 17.3 Å². The number of likely N-dealkylation sites (tertiary alicyclic amines) is 1. The Balaban J connectivity index is 0.00000169. The topological polar surface area (TPSA) is 32.3 Å². The maximum Gasteiger partial charge on any atom is 0.226 e. The molecule has 24 heavy (non-hydrogen) atoms. The minimum atomic E-state index is 0. The Kier molecular flexibility index (Phi) is 5.22. The van der Waals surface area contributed by atoms with E-state index in [0.717, 1.165) is 38.9 Å². The summed E-state index contributed by atoms with van der Waals surface area (Å²) in [7, 11) is 0. The molecular formula is C20H29ClN2O. The highest BCUT2D eigenvalue weighted by atomic mass is 35.5. The summed E-state index contributed by atoms with van der Waals surface area (Å²) in [5.41, 5.74) is 1.76. The first kappa shape index (κ1) is 17.8. The van der Waals surface area contributed by atoms with E-state index in [9.17, 15) is 4.79 Å². The predicted octanol–water partition coefficient (Wildman–Crippen LogP) is 3.28. The second-order valence-electron chi connectivity index (χ2n) is 7.88. The molecule has 1 aliphatic carbocycles. The standard InChI is InChI=1S/C20H28N2O.ClH/c1-15-17(13-16-5-3-2-4-6-16)7-12-22(15)19(23)18-14-20(18)8-10-21-11-9-20;/h2-6,15,17-18,21H,7-14H2,1H3;1H. The van der Waals surface area contributed by atoms with Gasteiger partial charge in [0, 0.05) is 18.5 Å². The highest BCUT2D eigenvalue weighted by Crippen LogP contribution is 2.59. The van der Waals surface area contributed by atoms with Gasteiger partial charge in [0.05, 0.1) is 0 Å². The van der Waals surface area contributed by atoms with Crippen molar-refractivity contribution in [3.8, 4) is 0 Å². The van der Waals surface area contributed by atoms with Crippen LogP contribution in [0.5, 0.6) is 0 Å². The minimum Gasteiger partial charge on any atom is -0.339 e. The number of halogens is 1. The summed E-state index contributed by atoms with van der Waals surface area (Å²) in [6.45, 7) is 5.41. The molecular weight excluding hydrogens is 320 g/mol. The Hall–Kier alpha value is -1.06. The highest BCUT2D eigenvalue weighted by Gasteiger charge is 2.59. The van der Waals surface area contributed by atoms with E-state index >= 15 is 0 Å². The molecule has 1 N–H and O–H groups in total. The molecule has 3 nitrogen and oxygen atoms in total. The Morgan fingerprint density at radius 1 is 1.25 bits per heavy atom. The average Bonchev–Trinajstić information content (AvgIpc) is 3.15. The summed E-state index contributed by atoms with van der Waals surface area (Å²) >= 11 is 0. The fourth-order valence-electron chi connectivity index (χ4n) is 4.88. The van der Waals surface area contributed by atoms with E-state index in [1.54, 1.807) is 0 Å². The minimum absolute atomic E-state index is 0. The van der Waals surface area contributed by atoms with Gasteiger partial charge in [0.1, 0.15) is 0 Å². The lowest BCUT2D eigenvalue weighted by molar-refractivity contribution is -0.134. The van der Waals surface area contributed by atoms with Crippen molar-refractivity contribution in [2.45, 2.75) is 45.1 Å². The second-order valence-corrected chi connectivity index (χ2v) is 7.88. The number of hydrogen-bond acceptors (Lipinski definition) is 2. The van der Waals surface area contributed by atoms with E-state index in [0.29, 0.717) is 29.2 Å². The van der Waals surface area contributed by atoms with Crippen molar-refractivity contribution in [1.82, 2.24) is 10.2 Å². The van der Waals surface area contributed by atoms with E-state index in [1.165, 1.54) is 18.4 Å². The van der Waals surface area contributed by atoms with Crippen LogP contribution >= 0.6 is 12.4 Å². The van der Waals surface area contributed by atoms with Gasteiger partial charge < -0.3 is 10.2 Å². The molecule has 0 radical (unpaired) electrons. The number of amides is 1. The predicted molar refractivity (Wildman–Crippen MR) is 99.3 cm³/mol. The van der Waals surface area contributed by atoms with E-state index in [4.69, 9.17) is 0 Å². The molecule has 0 aromatic heterocycles. The Morgan fingerprint density at radius 2 is 1.96 bits per heavy atom. The van der Waals surface area contributed by atoms with Gasteiger partial charge in [0.2, 0.25) is 5.91 Å². The van der Waals surface area contributed by atoms with Crippen LogP contribution in [0.1, 0.15) is 38.2 Å². The van der Waals surface area contributed by atoms with Crippen molar-refractivity contribution in [2.24, 2.45) is 17.3 Å². The zero-order valence-electron chi connectivity index (χ0n) is 14.5. The summed E-state index contributed by atoms with van der Waals surface area (Å²) in [5, 5.41) is 3.43. The number of nitrogens with zero attached hydrogens (tertiary/aromatic N) is 1. The molecule has 4 rings (SSSR count). The van der Waals surface area contributed by atoms with Gasteiger partial charge in [-0.1, -0.05) is 30.3 Å². The van der Waals surface area contributed by atoms with Gasteiger partial charge >= 0.3 is 0 Å². The van der Waals surface area contributed by atoms with E-state index in [2.05, 4.69) is 47.5 Å². The lowest BCUT2D eigenvalue weighted by Crippen LogP contribution is -2.39. The molecule has 1 spiro atoms. The maximum atomic E-state index is 13.0. The number of hydrogen-bond donors (Lipinski definition) is 1. The number of rotatable bonds is 3. The van der Waals surface area contributed by atoms with Crippen LogP contribution in [0.3, 0.4) is 0 Å². The lowest BCUT2D eigenvalue weighted by Gasteiger charge is -2.28. The third kappa shape index (κ3) is 3.21. The molecule has 3 unspecified atom stereocenters. The normalized spacial score (nSPS) is 30.9. The Labute approximate surface area is 151 Å². The van der Waals surface area contributed by atoms with Crippen LogP contribution < -0.4 is 5.32 Å². The molecule has 0 bridgehead atoms. The molecule has 1 saturated carbocycles. The molecule has 1 aromatic rings. The van der Waals surface area contributed by atoms with E-state index in [-0.39, 0.29) is 12.4 Å². The van der Waals surface area contributed by atoms with Crippen LogP contribution in [0.25, 0.3) is 0 Å². The first-order valence-corrected chi connectivity index (χ1v) is 9.25. The molecule has 3 aliphatic rings. The van der Waals surface area contributed by atoms with Crippen LogP contribution in [0.4, 0.5) is 0 Å². The fourth-order valence-corrected chi connectivity index (χ4v) is 4.88. The van der Waals surface area contributed by atoms with Gasteiger partial charge in [0.25, 0.3) is 0 Å². The molecule has 3 atom stereocenters. The molecule has 2 saturated heterocycles. The van der Waals surface area contributed by atoms with E-state index in [1.807, 2.05) is 0 Å². The number of nitrogens with one attached hydrogen (secondary N) is 1. The fraction of sp³-hybridized carbons (Fsp3) is 0.650. The van der Waals surface area contributed by atoms with Gasteiger partial charge in [-0.2, -0.15) is 0 Å². The number of benzene rings is 1. The molecule has 3 fully saturated rings. The molecule has 132 valence electrons. The smallest absolute Gasteiger partial charge is 0.226 e. The summed E-state index contributed by atoms with van der Waals surface area (Å²) < 4.78 is 0. The summed E-state index contributed by atoms with van der Waals surface area (Å²) in [5.74, 6) is 1.39. The van der Waals surface area contributed by atoms with Crippen molar-refractivity contribution >= 4 is 18.3 Å². The highest BCUT2D eigenvalue weighted by molar-refractivity contribution is 5.85. The first-order valence-electron chi connectivity index (χ1n) is 9.25. The zero-order chi connectivity index (χ0) is 15.9. The zero-order valence-corrected chi connectivity index (χ0v) is 15.4. The molecule has 1 amide bonds. The Bertz CT molecular complexity index is 570.